The minimum absolute atomic E-state index is 0.103. The van der Waals surface area contributed by atoms with Crippen LogP contribution in [0.2, 0.25) is 0 Å². The molecule has 0 radical (unpaired) electrons. The van der Waals surface area contributed by atoms with Gasteiger partial charge in [0, 0.05) is 24.4 Å². The number of fused-ring (bicyclic) bond motifs is 4. The highest BCUT2D eigenvalue weighted by atomic mass is 16.5. The molecule has 0 amide bonds. The van der Waals surface area contributed by atoms with Crippen LogP contribution in [-0.2, 0) is 13.0 Å². The Morgan fingerprint density at radius 3 is 2.65 bits per heavy atom. The first kappa shape index (κ1) is 20.5. The smallest absolute Gasteiger partial charge is 0.261 e. The van der Waals surface area contributed by atoms with Crippen LogP contribution in [0.3, 0.4) is 0 Å². The van der Waals surface area contributed by atoms with Crippen LogP contribution in [0, 0.1) is 0 Å². The van der Waals surface area contributed by atoms with Gasteiger partial charge in [-0.25, -0.2) is 9.50 Å². The highest BCUT2D eigenvalue weighted by molar-refractivity contribution is 5.86. The van der Waals surface area contributed by atoms with Gasteiger partial charge < -0.3 is 14.0 Å². The molecule has 2 aromatic carbocycles. The lowest BCUT2D eigenvalue weighted by atomic mass is 10.0. The number of aromatic nitrogens is 4. The van der Waals surface area contributed by atoms with E-state index < -0.39 is 0 Å². The van der Waals surface area contributed by atoms with Crippen LogP contribution in [0.15, 0.2) is 71.8 Å². The third-order valence-electron chi connectivity index (χ3n) is 6.22. The Balaban J connectivity index is 1.43. The maximum absolute atomic E-state index is 13.4. The van der Waals surface area contributed by atoms with Gasteiger partial charge in [-0.2, -0.15) is 5.10 Å². The van der Waals surface area contributed by atoms with E-state index in [1.807, 2.05) is 48.7 Å². The van der Waals surface area contributed by atoms with Gasteiger partial charge in [0.05, 0.1) is 36.4 Å². The summed E-state index contributed by atoms with van der Waals surface area (Å²) in [4.78, 5) is 18.1. The minimum Gasteiger partial charge on any atom is -0.490 e. The number of aryl methyl sites for hydroxylation is 1. The Bertz CT molecular complexity index is 1570. The molecule has 0 fully saturated rings. The number of benzene rings is 2. The van der Waals surface area contributed by atoms with Crippen molar-refractivity contribution in [2.45, 2.75) is 26.3 Å². The fourth-order valence-corrected chi connectivity index (χ4v) is 4.53. The number of nitrogens with zero attached hydrogens (tertiary/aromatic N) is 4. The lowest BCUT2D eigenvalue weighted by Gasteiger charge is -2.11. The molecule has 5 aromatic rings. The van der Waals surface area contributed by atoms with Crippen LogP contribution in [0.4, 0.5) is 0 Å². The minimum atomic E-state index is -0.103. The molecule has 170 valence electrons. The van der Waals surface area contributed by atoms with Gasteiger partial charge in [0.2, 0.25) is 0 Å². The summed E-state index contributed by atoms with van der Waals surface area (Å²) in [6.07, 6.45) is 5.12. The van der Waals surface area contributed by atoms with Crippen molar-refractivity contribution >= 4 is 16.6 Å². The van der Waals surface area contributed by atoms with Gasteiger partial charge in [-0.3, -0.25) is 4.79 Å². The second kappa shape index (κ2) is 8.33. The van der Waals surface area contributed by atoms with E-state index >= 15 is 0 Å². The summed E-state index contributed by atoms with van der Waals surface area (Å²) in [5.74, 6) is 1.47. The highest BCUT2D eigenvalue weighted by Crippen LogP contribution is 2.31. The summed E-state index contributed by atoms with van der Waals surface area (Å²) in [5, 5.41) is 5.36. The van der Waals surface area contributed by atoms with Crippen LogP contribution < -0.4 is 15.0 Å². The summed E-state index contributed by atoms with van der Waals surface area (Å²) >= 11 is 0. The molecule has 7 heteroatoms. The Morgan fingerprint density at radius 2 is 1.82 bits per heavy atom. The first-order chi connectivity index (χ1) is 16.7. The van der Waals surface area contributed by atoms with E-state index in [1.165, 1.54) is 0 Å². The Morgan fingerprint density at radius 1 is 1.00 bits per heavy atom. The molecule has 7 nitrogen and oxygen atoms in total. The van der Waals surface area contributed by atoms with E-state index in [9.17, 15) is 4.79 Å². The van der Waals surface area contributed by atoms with Gasteiger partial charge >= 0.3 is 0 Å². The quantitative estimate of drug-likeness (QED) is 0.402. The van der Waals surface area contributed by atoms with Crippen molar-refractivity contribution in [2.24, 2.45) is 0 Å². The van der Waals surface area contributed by atoms with Crippen LogP contribution in [0.5, 0.6) is 11.5 Å². The predicted octanol–water partition coefficient (Wildman–Crippen LogP) is 4.48. The number of ether oxygens (including phenoxy) is 2. The molecule has 0 unspecified atom stereocenters. The molecular formula is C27H24N4O3. The molecular weight excluding hydrogens is 428 g/mol. The van der Waals surface area contributed by atoms with Crippen molar-refractivity contribution in [3.05, 3.63) is 88.6 Å². The molecule has 6 rings (SSSR count). The molecule has 1 aliphatic heterocycles. The van der Waals surface area contributed by atoms with Gasteiger partial charge in [-0.05, 0) is 35.7 Å². The third-order valence-corrected chi connectivity index (χ3v) is 6.22. The highest BCUT2D eigenvalue weighted by Gasteiger charge is 2.18. The van der Waals surface area contributed by atoms with Crippen molar-refractivity contribution in [3.63, 3.8) is 0 Å². The number of rotatable bonds is 4. The summed E-state index contributed by atoms with van der Waals surface area (Å²) in [7, 11) is 0. The van der Waals surface area contributed by atoms with Crippen molar-refractivity contribution in [1.82, 2.24) is 19.2 Å². The van der Waals surface area contributed by atoms with Crippen molar-refractivity contribution in [3.8, 4) is 22.6 Å². The number of hydrogen-bond donors (Lipinski definition) is 0. The normalized spacial score (nSPS) is 13.3. The molecule has 1 aliphatic rings. The van der Waals surface area contributed by atoms with Crippen LogP contribution in [0.25, 0.3) is 27.7 Å². The maximum Gasteiger partial charge on any atom is 0.261 e. The lowest BCUT2D eigenvalue weighted by Crippen LogP contribution is -2.21. The summed E-state index contributed by atoms with van der Waals surface area (Å²) < 4.78 is 15.0. The van der Waals surface area contributed by atoms with E-state index in [-0.39, 0.29) is 5.56 Å². The second-order valence-corrected chi connectivity index (χ2v) is 8.41. The number of hydrogen-bond acceptors (Lipinski definition) is 5. The van der Waals surface area contributed by atoms with Gasteiger partial charge in [0.25, 0.3) is 5.56 Å². The van der Waals surface area contributed by atoms with Gasteiger partial charge in [-0.15, -0.1) is 0 Å². The molecule has 0 spiro atoms. The molecule has 0 saturated carbocycles. The van der Waals surface area contributed by atoms with Crippen LogP contribution >= 0.6 is 0 Å². The number of pyridine rings is 1. The van der Waals surface area contributed by atoms with E-state index in [1.54, 1.807) is 15.3 Å². The first-order valence-corrected chi connectivity index (χ1v) is 11.6. The zero-order valence-electron chi connectivity index (χ0n) is 18.9. The zero-order valence-corrected chi connectivity index (χ0v) is 18.9. The Labute approximate surface area is 196 Å². The largest absolute Gasteiger partial charge is 0.490 e. The molecule has 0 atom stereocenters. The first-order valence-electron chi connectivity index (χ1n) is 11.6. The van der Waals surface area contributed by atoms with Gasteiger partial charge in [-0.1, -0.05) is 43.3 Å². The van der Waals surface area contributed by atoms with Crippen LogP contribution in [0.1, 0.15) is 24.6 Å². The van der Waals surface area contributed by atoms with E-state index in [2.05, 4.69) is 24.0 Å². The standard InChI is InChI=1S/C27H24N4O3/c1-2-21-25(19-7-4-3-5-8-19)26-28-16-20-22(31(26)29-21)11-12-30(27(20)32)17-18-9-10-23-24(15-18)34-14-6-13-33-23/h3-5,7-12,15-16H,2,6,13-14,17H2,1H3. The fraction of sp³-hybridized carbons (Fsp3) is 0.222. The molecule has 0 saturated heterocycles. The van der Waals surface area contributed by atoms with Gasteiger partial charge in [0.15, 0.2) is 17.1 Å². The molecule has 0 aliphatic carbocycles. The molecule has 0 N–H and O–H groups in total. The molecule has 3 aromatic heterocycles. The maximum atomic E-state index is 13.4. The predicted molar refractivity (Wildman–Crippen MR) is 131 cm³/mol. The van der Waals surface area contributed by atoms with E-state index in [0.717, 1.165) is 57.9 Å². The van der Waals surface area contributed by atoms with Crippen molar-refractivity contribution < 1.29 is 9.47 Å². The topological polar surface area (TPSA) is 70.7 Å². The summed E-state index contributed by atoms with van der Waals surface area (Å²) in [6.45, 7) is 3.79. The average Bonchev–Trinajstić information content (AvgIpc) is 3.10. The molecule has 34 heavy (non-hydrogen) atoms. The van der Waals surface area contributed by atoms with Crippen molar-refractivity contribution in [1.29, 1.82) is 0 Å². The Kier molecular flexibility index (Phi) is 5.02. The SMILES string of the molecule is CCc1nn2c(ncc3c(=O)n(Cc4ccc5c(c4)OCCCO5)ccc32)c1-c1ccccc1. The van der Waals surface area contributed by atoms with Crippen molar-refractivity contribution in [2.75, 3.05) is 13.2 Å². The van der Waals surface area contributed by atoms with Crippen LogP contribution in [-0.4, -0.2) is 32.4 Å². The average molecular weight is 453 g/mol. The second-order valence-electron chi connectivity index (χ2n) is 8.41. The molecule has 0 bridgehead atoms. The van der Waals surface area contributed by atoms with E-state index in [0.29, 0.717) is 25.1 Å². The zero-order chi connectivity index (χ0) is 23.1. The lowest BCUT2D eigenvalue weighted by molar-refractivity contribution is 0.297. The monoisotopic (exact) mass is 452 g/mol. The summed E-state index contributed by atoms with van der Waals surface area (Å²) in [6, 6.07) is 17.9. The fourth-order valence-electron chi connectivity index (χ4n) is 4.53. The van der Waals surface area contributed by atoms with Gasteiger partial charge in [0.1, 0.15) is 0 Å². The molecule has 4 heterocycles. The summed E-state index contributed by atoms with van der Waals surface area (Å²) in [5.41, 5.74) is 5.43. The third kappa shape index (κ3) is 3.41. The Hall–Kier alpha value is -4.13. The van der Waals surface area contributed by atoms with E-state index in [4.69, 9.17) is 14.6 Å².